The molecule has 0 bridgehead atoms. The van der Waals surface area contributed by atoms with E-state index in [4.69, 9.17) is 5.84 Å². The zero-order valence-electron chi connectivity index (χ0n) is 11.5. The average Bonchev–Trinajstić information content (AvgIpc) is 2.46. The Bertz CT molecular complexity index is 550. The van der Waals surface area contributed by atoms with E-state index < -0.39 is 0 Å². The Hall–Kier alpha value is -2.14. The van der Waals surface area contributed by atoms with Crippen LogP contribution in [-0.4, -0.2) is 17.0 Å². The maximum Gasteiger partial charge on any atom is 0.239 e. The van der Waals surface area contributed by atoms with Crippen molar-refractivity contribution in [2.24, 2.45) is 5.84 Å². The number of hydrazine groups is 1. The molecule has 0 aliphatic heterocycles. The fraction of sp³-hybridized carbons (Fsp3) is 0.286. The van der Waals surface area contributed by atoms with Crippen LogP contribution in [0.2, 0.25) is 0 Å². The number of anilines is 3. The number of nitrogens with one attached hydrogen (secondary N) is 1. The number of rotatable bonds is 4. The molecular formula is C14H19N5. The molecule has 0 atom stereocenters. The van der Waals surface area contributed by atoms with Crippen LogP contribution in [0.3, 0.4) is 0 Å². The van der Waals surface area contributed by atoms with E-state index >= 15 is 0 Å². The van der Waals surface area contributed by atoms with Crippen molar-refractivity contribution in [3.05, 3.63) is 41.6 Å². The molecule has 0 fully saturated rings. The topological polar surface area (TPSA) is 67.1 Å². The summed E-state index contributed by atoms with van der Waals surface area (Å²) in [6.45, 7) is 4.06. The molecule has 2 aromatic rings. The van der Waals surface area contributed by atoms with Crippen LogP contribution in [-0.2, 0) is 6.42 Å². The van der Waals surface area contributed by atoms with Crippen LogP contribution in [0.4, 0.5) is 17.5 Å². The molecule has 3 N–H and O–H groups in total. The van der Waals surface area contributed by atoms with Crippen molar-refractivity contribution in [2.45, 2.75) is 20.3 Å². The summed E-state index contributed by atoms with van der Waals surface area (Å²) in [5, 5.41) is 0. The number of nitrogens with two attached hydrogens (primary N) is 1. The lowest BCUT2D eigenvalue weighted by Gasteiger charge is -2.19. The van der Waals surface area contributed by atoms with Gasteiger partial charge in [-0.05, 0) is 31.0 Å². The molecule has 0 saturated carbocycles. The largest absolute Gasteiger partial charge is 0.329 e. The van der Waals surface area contributed by atoms with Gasteiger partial charge in [-0.25, -0.2) is 10.8 Å². The summed E-state index contributed by atoms with van der Waals surface area (Å²) in [4.78, 5) is 10.5. The van der Waals surface area contributed by atoms with E-state index in [1.807, 2.05) is 24.9 Å². The van der Waals surface area contributed by atoms with Crippen LogP contribution < -0.4 is 16.2 Å². The predicted molar refractivity (Wildman–Crippen MR) is 78.5 cm³/mol. The Kier molecular flexibility index (Phi) is 3.97. The van der Waals surface area contributed by atoms with Crippen LogP contribution in [0.5, 0.6) is 0 Å². The quantitative estimate of drug-likeness (QED) is 0.650. The van der Waals surface area contributed by atoms with Gasteiger partial charge in [0.25, 0.3) is 0 Å². The molecule has 0 saturated heterocycles. The fourth-order valence-electron chi connectivity index (χ4n) is 1.88. The molecular weight excluding hydrogens is 238 g/mol. The highest BCUT2D eigenvalue weighted by Gasteiger charge is 2.08. The number of aryl methyl sites for hydroxylation is 2. The first-order chi connectivity index (χ1) is 9.13. The molecule has 0 spiro atoms. The van der Waals surface area contributed by atoms with Crippen LogP contribution in [0.15, 0.2) is 30.3 Å². The number of benzene rings is 1. The van der Waals surface area contributed by atoms with Gasteiger partial charge in [0.05, 0.1) is 0 Å². The first-order valence-corrected chi connectivity index (χ1v) is 6.29. The van der Waals surface area contributed by atoms with E-state index in [-0.39, 0.29) is 0 Å². The van der Waals surface area contributed by atoms with E-state index in [1.165, 1.54) is 5.56 Å². The monoisotopic (exact) mass is 257 g/mol. The molecule has 1 heterocycles. The minimum Gasteiger partial charge on any atom is -0.329 e. The molecule has 19 heavy (non-hydrogen) atoms. The highest BCUT2D eigenvalue weighted by Crippen LogP contribution is 2.23. The zero-order valence-corrected chi connectivity index (χ0v) is 11.5. The molecule has 5 heteroatoms. The first-order valence-electron chi connectivity index (χ1n) is 6.29. The molecule has 2 rings (SSSR count). The molecule has 1 aromatic heterocycles. The van der Waals surface area contributed by atoms with Crippen LogP contribution in [0.1, 0.15) is 18.2 Å². The molecule has 5 nitrogen and oxygen atoms in total. The van der Waals surface area contributed by atoms with Crippen molar-refractivity contribution in [1.29, 1.82) is 0 Å². The maximum absolute atomic E-state index is 5.37. The Balaban J connectivity index is 2.31. The van der Waals surface area contributed by atoms with E-state index in [1.54, 1.807) is 0 Å². The lowest BCUT2D eigenvalue weighted by atomic mass is 10.1. The second-order valence-electron chi connectivity index (χ2n) is 4.41. The smallest absolute Gasteiger partial charge is 0.239 e. The molecule has 100 valence electrons. The standard InChI is InChI=1S/C14H19N5/c1-4-11-5-7-12(8-6-11)19(3)13-9-10(2)16-14(17-13)18-15/h5-9H,4,15H2,1-3H3,(H,16,17,18). The number of hydrogen-bond donors (Lipinski definition) is 2. The summed E-state index contributed by atoms with van der Waals surface area (Å²) in [7, 11) is 1.98. The van der Waals surface area contributed by atoms with Gasteiger partial charge in [0, 0.05) is 24.5 Å². The lowest BCUT2D eigenvalue weighted by Crippen LogP contribution is -2.16. The van der Waals surface area contributed by atoms with Gasteiger partial charge in [-0.3, -0.25) is 5.43 Å². The number of nitrogen functional groups attached to an aromatic ring is 1. The molecule has 0 unspecified atom stereocenters. The van der Waals surface area contributed by atoms with E-state index in [9.17, 15) is 0 Å². The van der Waals surface area contributed by atoms with Gasteiger partial charge in [-0.2, -0.15) is 4.98 Å². The highest BCUT2D eigenvalue weighted by atomic mass is 15.3. The summed E-state index contributed by atoms with van der Waals surface area (Å²) < 4.78 is 0. The lowest BCUT2D eigenvalue weighted by molar-refractivity contribution is 1.03. The Morgan fingerprint density at radius 1 is 1.21 bits per heavy atom. The van der Waals surface area contributed by atoms with Crippen molar-refractivity contribution in [1.82, 2.24) is 9.97 Å². The van der Waals surface area contributed by atoms with Crippen molar-refractivity contribution in [3.63, 3.8) is 0 Å². The first kappa shape index (κ1) is 13.3. The summed E-state index contributed by atoms with van der Waals surface area (Å²) in [5.41, 5.74) is 5.76. The molecule has 0 amide bonds. The second kappa shape index (κ2) is 5.67. The molecule has 1 aromatic carbocycles. The average molecular weight is 257 g/mol. The van der Waals surface area contributed by atoms with Crippen LogP contribution >= 0.6 is 0 Å². The highest BCUT2D eigenvalue weighted by molar-refractivity contribution is 5.60. The van der Waals surface area contributed by atoms with Gasteiger partial charge >= 0.3 is 0 Å². The van der Waals surface area contributed by atoms with Gasteiger partial charge in [0.2, 0.25) is 5.95 Å². The van der Waals surface area contributed by atoms with Gasteiger partial charge < -0.3 is 4.90 Å². The van der Waals surface area contributed by atoms with E-state index in [0.29, 0.717) is 5.95 Å². The maximum atomic E-state index is 5.37. The molecule has 0 radical (unpaired) electrons. The molecule has 0 aliphatic rings. The number of aromatic nitrogens is 2. The summed E-state index contributed by atoms with van der Waals surface area (Å²) in [6.07, 6.45) is 1.04. The Morgan fingerprint density at radius 3 is 2.47 bits per heavy atom. The third-order valence-electron chi connectivity index (χ3n) is 3.05. The minimum atomic E-state index is 0.423. The minimum absolute atomic E-state index is 0.423. The van der Waals surface area contributed by atoms with Gasteiger partial charge in [0.1, 0.15) is 5.82 Å². The number of nitrogens with zero attached hydrogens (tertiary/aromatic N) is 3. The predicted octanol–water partition coefficient (Wildman–Crippen LogP) is 2.40. The van der Waals surface area contributed by atoms with Gasteiger partial charge in [-0.15, -0.1) is 0 Å². The van der Waals surface area contributed by atoms with E-state index in [0.717, 1.165) is 23.6 Å². The summed E-state index contributed by atoms with van der Waals surface area (Å²) in [6, 6.07) is 10.4. The van der Waals surface area contributed by atoms with Crippen molar-refractivity contribution in [3.8, 4) is 0 Å². The summed E-state index contributed by atoms with van der Waals surface area (Å²) in [5.74, 6) is 6.60. The SMILES string of the molecule is CCc1ccc(N(C)c2cc(C)nc(NN)n2)cc1. The fourth-order valence-corrected chi connectivity index (χ4v) is 1.88. The van der Waals surface area contributed by atoms with Gasteiger partial charge in [0.15, 0.2) is 0 Å². The van der Waals surface area contributed by atoms with Gasteiger partial charge in [-0.1, -0.05) is 19.1 Å². The van der Waals surface area contributed by atoms with Crippen molar-refractivity contribution in [2.75, 3.05) is 17.4 Å². The van der Waals surface area contributed by atoms with Crippen molar-refractivity contribution < 1.29 is 0 Å². The third kappa shape index (κ3) is 3.00. The van der Waals surface area contributed by atoms with Crippen molar-refractivity contribution >= 4 is 17.5 Å². The van der Waals surface area contributed by atoms with Crippen LogP contribution in [0, 0.1) is 6.92 Å². The summed E-state index contributed by atoms with van der Waals surface area (Å²) >= 11 is 0. The third-order valence-corrected chi connectivity index (χ3v) is 3.05. The Morgan fingerprint density at radius 2 is 1.89 bits per heavy atom. The second-order valence-corrected chi connectivity index (χ2v) is 4.41. The zero-order chi connectivity index (χ0) is 13.8. The molecule has 0 aliphatic carbocycles. The van der Waals surface area contributed by atoms with E-state index in [2.05, 4.69) is 46.6 Å². The normalized spacial score (nSPS) is 10.3. The Labute approximate surface area is 113 Å². The van der Waals surface area contributed by atoms with Crippen LogP contribution in [0.25, 0.3) is 0 Å². The number of hydrogen-bond acceptors (Lipinski definition) is 5.